The van der Waals surface area contributed by atoms with Gasteiger partial charge in [0.15, 0.2) is 5.76 Å². The van der Waals surface area contributed by atoms with Crippen molar-refractivity contribution in [3.63, 3.8) is 0 Å². The fourth-order valence-corrected chi connectivity index (χ4v) is 1.68. The number of nitrogens with two attached hydrogens (primary N) is 1. The highest BCUT2D eigenvalue weighted by Crippen LogP contribution is 2.21. The molecule has 0 saturated heterocycles. The Balaban J connectivity index is 1.77. The molecule has 0 saturated carbocycles. The third-order valence-electron chi connectivity index (χ3n) is 2.68. The largest absolute Gasteiger partial charge is 0.459 e. The Morgan fingerprint density at radius 1 is 1.15 bits per heavy atom. The summed E-state index contributed by atoms with van der Waals surface area (Å²) >= 11 is 0. The Bertz CT molecular complexity index is 714. The summed E-state index contributed by atoms with van der Waals surface area (Å²) < 4.78 is 10.2. The molecule has 0 atom stereocenters. The second kappa shape index (κ2) is 4.93. The third-order valence-corrected chi connectivity index (χ3v) is 2.68. The molecule has 0 aliphatic heterocycles. The van der Waals surface area contributed by atoms with Gasteiger partial charge < -0.3 is 14.6 Å². The second-order valence-electron chi connectivity index (χ2n) is 4.09. The Morgan fingerprint density at radius 3 is 2.65 bits per heavy atom. The van der Waals surface area contributed by atoms with Gasteiger partial charge >= 0.3 is 6.01 Å². The number of nitrogens with one attached hydrogen (secondary N) is 1. The minimum atomic E-state index is -0.416. The Morgan fingerprint density at radius 2 is 1.95 bits per heavy atom. The topological polar surface area (TPSA) is 94.3 Å². The number of furan rings is 1. The lowest BCUT2D eigenvalue weighted by atomic mass is 10.1. The fourth-order valence-electron chi connectivity index (χ4n) is 1.68. The molecule has 0 bridgehead atoms. The first-order valence-corrected chi connectivity index (χ1v) is 5.89. The number of carbonyl (C=O) groups is 1. The summed E-state index contributed by atoms with van der Waals surface area (Å²) in [6, 6.07) is 10.5. The van der Waals surface area contributed by atoms with Gasteiger partial charge in [-0.3, -0.25) is 10.1 Å². The van der Waals surface area contributed by atoms with Crippen LogP contribution in [0.1, 0.15) is 10.6 Å². The number of benzene rings is 1. The Kier molecular flexibility index (Phi) is 2.96. The number of amides is 1. The van der Waals surface area contributed by atoms with Gasteiger partial charge in [-0.05, 0) is 24.3 Å². The van der Waals surface area contributed by atoms with Crippen molar-refractivity contribution < 1.29 is 13.6 Å². The van der Waals surface area contributed by atoms with Crippen molar-refractivity contribution in [2.24, 2.45) is 0 Å². The molecule has 0 radical (unpaired) electrons. The van der Waals surface area contributed by atoms with Gasteiger partial charge in [0.1, 0.15) is 12.0 Å². The maximum absolute atomic E-state index is 11.7. The van der Waals surface area contributed by atoms with Crippen molar-refractivity contribution in [2.45, 2.75) is 0 Å². The van der Waals surface area contributed by atoms with E-state index in [2.05, 4.69) is 10.3 Å². The van der Waals surface area contributed by atoms with E-state index in [0.717, 1.165) is 5.56 Å². The van der Waals surface area contributed by atoms with Crippen molar-refractivity contribution >= 4 is 17.6 Å². The van der Waals surface area contributed by atoms with Crippen LogP contribution < -0.4 is 11.1 Å². The lowest BCUT2D eigenvalue weighted by Gasteiger charge is -1.97. The van der Waals surface area contributed by atoms with E-state index < -0.39 is 5.91 Å². The van der Waals surface area contributed by atoms with Gasteiger partial charge in [0.2, 0.25) is 0 Å². The summed E-state index contributed by atoms with van der Waals surface area (Å²) in [6.45, 7) is 0. The summed E-state index contributed by atoms with van der Waals surface area (Å²) in [5, 5.41) is 2.51. The van der Waals surface area contributed by atoms with Crippen LogP contribution in [0.3, 0.4) is 0 Å². The number of rotatable bonds is 3. The van der Waals surface area contributed by atoms with Gasteiger partial charge in [0.05, 0.1) is 6.26 Å². The number of oxazole rings is 1. The first-order chi connectivity index (χ1) is 9.72. The van der Waals surface area contributed by atoms with Crippen LogP contribution in [0.15, 0.2) is 57.8 Å². The minimum Gasteiger partial charge on any atom is -0.459 e. The van der Waals surface area contributed by atoms with Crippen LogP contribution in [0, 0.1) is 0 Å². The first kappa shape index (κ1) is 12.0. The molecule has 3 N–H and O–H groups in total. The number of carbonyl (C=O) groups excluding carboxylic acids is 1. The molecule has 0 fully saturated rings. The van der Waals surface area contributed by atoms with Gasteiger partial charge in [0.25, 0.3) is 5.91 Å². The Hall–Kier alpha value is -3.02. The van der Waals surface area contributed by atoms with Gasteiger partial charge in [-0.1, -0.05) is 12.1 Å². The summed E-state index contributed by atoms with van der Waals surface area (Å²) in [5.41, 5.74) is 7.75. The normalized spacial score (nSPS) is 10.4. The monoisotopic (exact) mass is 269 g/mol. The van der Waals surface area contributed by atoms with Crippen molar-refractivity contribution in [1.82, 2.24) is 4.98 Å². The molecule has 6 nitrogen and oxygen atoms in total. The number of hydrogen-bond donors (Lipinski definition) is 2. The van der Waals surface area contributed by atoms with Crippen LogP contribution in [0.5, 0.6) is 0 Å². The highest BCUT2D eigenvalue weighted by Gasteiger charge is 2.13. The lowest BCUT2D eigenvalue weighted by Crippen LogP contribution is -2.10. The molecule has 1 amide bonds. The average Bonchev–Trinajstić information content (AvgIpc) is 3.10. The smallest absolute Gasteiger partial charge is 0.302 e. The zero-order valence-electron chi connectivity index (χ0n) is 10.4. The van der Waals surface area contributed by atoms with E-state index in [1.165, 1.54) is 12.5 Å². The van der Waals surface area contributed by atoms with Crippen molar-refractivity contribution in [1.29, 1.82) is 0 Å². The molecule has 6 heteroatoms. The van der Waals surface area contributed by atoms with Gasteiger partial charge in [-0.15, -0.1) is 0 Å². The van der Waals surface area contributed by atoms with Crippen LogP contribution in [-0.2, 0) is 0 Å². The van der Waals surface area contributed by atoms with Crippen molar-refractivity contribution in [3.8, 4) is 11.3 Å². The van der Waals surface area contributed by atoms with E-state index in [0.29, 0.717) is 11.4 Å². The summed E-state index contributed by atoms with van der Waals surface area (Å²) in [7, 11) is 0. The quantitative estimate of drug-likeness (QED) is 0.713. The standard InChI is InChI=1S/C14H11N3O3/c15-10-5-3-9(4-6-10)11-8-20-14(16-11)17-13(18)12-2-1-7-19-12/h1-8H,15H2,(H,16,17,18). The fraction of sp³-hybridized carbons (Fsp3) is 0. The van der Waals surface area contributed by atoms with E-state index in [1.807, 2.05) is 12.1 Å². The molecule has 2 aromatic heterocycles. The summed E-state index contributed by atoms with van der Waals surface area (Å²) in [4.78, 5) is 15.9. The van der Waals surface area contributed by atoms with Crippen molar-refractivity contribution in [3.05, 3.63) is 54.7 Å². The molecule has 2 heterocycles. The van der Waals surface area contributed by atoms with Crippen LogP contribution >= 0.6 is 0 Å². The van der Waals surface area contributed by atoms with Crippen LogP contribution in [0.4, 0.5) is 11.7 Å². The minimum absolute atomic E-state index is 0.109. The number of anilines is 2. The van der Waals surface area contributed by atoms with Gasteiger partial charge in [0, 0.05) is 11.3 Å². The molecule has 0 aliphatic carbocycles. The highest BCUT2D eigenvalue weighted by atomic mass is 16.4. The van der Waals surface area contributed by atoms with Gasteiger partial charge in [-0.25, -0.2) is 0 Å². The predicted octanol–water partition coefficient (Wildman–Crippen LogP) is 2.77. The molecule has 0 aliphatic rings. The van der Waals surface area contributed by atoms with Crippen LogP contribution in [0.25, 0.3) is 11.3 Å². The molecule has 0 unspecified atom stereocenters. The molecular formula is C14H11N3O3. The zero-order valence-corrected chi connectivity index (χ0v) is 10.4. The SMILES string of the molecule is Nc1ccc(-c2coc(NC(=O)c3ccco3)n2)cc1. The third kappa shape index (κ3) is 2.39. The molecule has 20 heavy (non-hydrogen) atoms. The van der Waals surface area contributed by atoms with E-state index in [9.17, 15) is 4.79 Å². The Labute approximate surface area is 114 Å². The van der Waals surface area contributed by atoms with E-state index in [-0.39, 0.29) is 11.8 Å². The first-order valence-electron chi connectivity index (χ1n) is 5.89. The lowest BCUT2D eigenvalue weighted by molar-refractivity contribution is 0.0994. The van der Waals surface area contributed by atoms with E-state index in [1.54, 1.807) is 24.3 Å². The zero-order chi connectivity index (χ0) is 13.9. The molecule has 0 spiro atoms. The molecular weight excluding hydrogens is 258 g/mol. The van der Waals surface area contributed by atoms with Crippen molar-refractivity contribution in [2.75, 3.05) is 11.1 Å². The van der Waals surface area contributed by atoms with E-state index in [4.69, 9.17) is 14.6 Å². The number of hydrogen-bond acceptors (Lipinski definition) is 5. The molecule has 100 valence electrons. The van der Waals surface area contributed by atoms with E-state index >= 15 is 0 Å². The maximum atomic E-state index is 11.7. The molecule has 3 aromatic rings. The van der Waals surface area contributed by atoms with Crippen LogP contribution in [0.2, 0.25) is 0 Å². The summed E-state index contributed by atoms with van der Waals surface area (Å²) in [5.74, 6) is -0.224. The summed E-state index contributed by atoms with van der Waals surface area (Å²) in [6.07, 6.45) is 2.88. The number of nitrogen functional groups attached to an aromatic ring is 1. The predicted molar refractivity (Wildman–Crippen MR) is 73.0 cm³/mol. The number of nitrogens with zero attached hydrogens (tertiary/aromatic N) is 1. The van der Waals surface area contributed by atoms with Gasteiger partial charge in [-0.2, -0.15) is 4.98 Å². The highest BCUT2D eigenvalue weighted by molar-refractivity contribution is 6.01. The molecule has 1 aromatic carbocycles. The molecule has 3 rings (SSSR count). The van der Waals surface area contributed by atoms with Crippen LogP contribution in [-0.4, -0.2) is 10.9 Å². The number of aromatic nitrogens is 1. The second-order valence-corrected chi connectivity index (χ2v) is 4.09. The maximum Gasteiger partial charge on any atom is 0.302 e. The average molecular weight is 269 g/mol.